The van der Waals surface area contributed by atoms with Gasteiger partial charge in [-0.25, -0.2) is 0 Å². The second-order valence-electron chi connectivity index (χ2n) is 4.33. The van der Waals surface area contributed by atoms with Crippen LogP contribution >= 0.6 is 0 Å². The normalized spacial score (nSPS) is 18.7. The van der Waals surface area contributed by atoms with E-state index in [1.807, 2.05) is 0 Å². The first-order valence-electron chi connectivity index (χ1n) is 5.36. The molecule has 0 heterocycles. The molecule has 2 nitrogen and oxygen atoms in total. The van der Waals surface area contributed by atoms with Gasteiger partial charge < -0.3 is 10.5 Å². The number of nitrogens with two attached hydrogens (primary N) is 1. The first-order valence-corrected chi connectivity index (χ1v) is 5.36. The average Bonchev–Trinajstić information content (AvgIpc) is 2.11. The largest absolute Gasteiger partial charge is 0.377 e. The molecular formula is C11H25NO. The minimum atomic E-state index is 0.186. The molecule has 0 aliphatic carbocycles. The second-order valence-corrected chi connectivity index (χ2v) is 4.33. The third kappa shape index (κ3) is 5.27. The molecule has 0 aliphatic rings. The van der Waals surface area contributed by atoms with Crippen LogP contribution in [0.5, 0.6) is 0 Å². The van der Waals surface area contributed by atoms with Crippen molar-refractivity contribution in [2.45, 2.75) is 53.2 Å². The van der Waals surface area contributed by atoms with Gasteiger partial charge in [0, 0.05) is 6.04 Å². The highest BCUT2D eigenvalue weighted by Crippen LogP contribution is 2.09. The van der Waals surface area contributed by atoms with Crippen molar-refractivity contribution in [1.29, 1.82) is 0 Å². The van der Waals surface area contributed by atoms with Gasteiger partial charge in [0.1, 0.15) is 0 Å². The van der Waals surface area contributed by atoms with Crippen molar-refractivity contribution in [3.63, 3.8) is 0 Å². The van der Waals surface area contributed by atoms with Crippen molar-refractivity contribution in [3.8, 4) is 0 Å². The number of rotatable bonds is 6. The Labute approximate surface area is 82.8 Å². The third-order valence-electron chi connectivity index (χ3n) is 2.87. The lowest BCUT2D eigenvalue weighted by Crippen LogP contribution is -2.35. The number of ether oxygens (including phenoxy) is 1. The SMILES string of the molecule is CCC(C)C(N)COC(C)C(C)C. The van der Waals surface area contributed by atoms with E-state index in [9.17, 15) is 0 Å². The van der Waals surface area contributed by atoms with Gasteiger partial charge in [-0.15, -0.1) is 0 Å². The molecule has 0 saturated heterocycles. The van der Waals surface area contributed by atoms with Crippen LogP contribution in [0, 0.1) is 11.8 Å². The van der Waals surface area contributed by atoms with Gasteiger partial charge >= 0.3 is 0 Å². The Morgan fingerprint density at radius 2 is 1.69 bits per heavy atom. The summed E-state index contributed by atoms with van der Waals surface area (Å²) in [6, 6.07) is 0.186. The summed E-state index contributed by atoms with van der Waals surface area (Å²) < 4.78 is 5.66. The summed E-state index contributed by atoms with van der Waals surface area (Å²) in [5, 5.41) is 0. The van der Waals surface area contributed by atoms with Crippen molar-refractivity contribution >= 4 is 0 Å². The van der Waals surface area contributed by atoms with Crippen molar-refractivity contribution < 1.29 is 4.74 Å². The predicted molar refractivity (Wildman–Crippen MR) is 57.7 cm³/mol. The third-order valence-corrected chi connectivity index (χ3v) is 2.87. The Kier molecular flexibility index (Phi) is 6.35. The minimum absolute atomic E-state index is 0.186. The Morgan fingerprint density at radius 1 is 1.15 bits per heavy atom. The van der Waals surface area contributed by atoms with Crippen LogP contribution in [0.1, 0.15) is 41.0 Å². The summed E-state index contributed by atoms with van der Waals surface area (Å²) in [6.07, 6.45) is 1.44. The Morgan fingerprint density at radius 3 is 2.08 bits per heavy atom. The summed E-state index contributed by atoms with van der Waals surface area (Å²) in [6.45, 7) is 11.5. The molecule has 0 radical (unpaired) electrons. The molecule has 0 rings (SSSR count). The monoisotopic (exact) mass is 187 g/mol. The molecule has 0 aromatic heterocycles. The van der Waals surface area contributed by atoms with E-state index in [-0.39, 0.29) is 6.04 Å². The number of hydrogen-bond donors (Lipinski definition) is 1. The van der Waals surface area contributed by atoms with Crippen LogP contribution < -0.4 is 5.73 Å². The van der Waals surface area contributed by atoms with Crippen molar-refractivity contribution in [2.75, 3.05) is 6.61 Å². The molecule has 0 bridgehead atoms. The van der Waals surface area contributed by atoms with Gasteiger partial charge in [-0.05, 0) is 18.8 Å². The maximum atomic E-state index is 5.95. The maximum absolute atomic E-state index is 5.95. The number of hydrogen-bond acceptors (Lipinski definition) is 2. The molecule has 0 saturated carbocycles. The minimum Gasteiger partial charge on any atom is -0.377 e. The van der Waals surface area contributed by atoms with Gasteiger partial charge in [0.2, 0.25) is 0 Å². The lowest BCUT2D eigenvalue weighted by Gasteiger charge is -2.22. The Hall–Kier alpha value is -0.0800. The molecule has 0 amide bonds. The molecule has 3 unspecified atom stereocenters. The lowest BCUT2D eigenvalue weighted by molar-refractivity contribution is 0.0202. The molecule has 0 fully saturated rings. The van der Waals surface area contributed by atoms with E-state index in [1.165, 1.54) is 0 Å². The second kappa shape index (κ2) is 6.39. The molecule has 2 heteroatoms. The summed E-state index contributed by atoms with van der Waals surface area (Å²) in [5.74, 6) is 1.13. The highest BCUT2D eigenvalue weighted by molar-refractivity contribution is 4.68. The van der Waals surface area contributed by atoms with Gasteiger partial charge in [0.25, 0.3) is 0 Å². The van der Waals surface area contributed by atoms with Crippen molar-refractivity contribution in [3.05, 3.63) is 0 Å². The molecule has 13 heavy (non-hydrogen) atoms. The molecule has 2 N–H and O–H groups in total. The fourth-order valence-corrected chi connectivity index (χ4v) is 0.922. The van der Waals surface area contributed by atoms with Gasteiger partial charge in [-0.1, -0.05) is 34.1 Å². The Bertz CT molecular complexity index is 125. The van der Waals surface area contributed by atoms with E-state index in [0.717, 1.165) is 6.42 Å². The zero-order valence-corrected chi connectivity index (χ0v) is 9.71. The highest BCUT2D eigenvalue weighted by atomic mass is 16.5. The van der Waals surface area contributed by atoms with Crippen LogP contribution in [0.25, 0.3) is 0 Å². The van der Waals surface area contributed by atoms with Gasteiger partial charge in [0.05, 0.1) is 12.7 Å². The zero-order chi connectivity index (χ0) is 10.4. The highest BCUT2D eigenvalue weighted by Gasteiger charge is 2.13. The van der Waals surface area contributed by atoms with Crippen LogP contribution in [0.4, 0.5) is 0 Å². The van der Waals surface area contributed by atoms with E-state index >= 15 is 0 Å². The van der Waals surface area contributed by atoms with E-state index in [0.29, 0.717) is 24.5 Å². The van der Waals surface area contributed by atoms with E-state index in [4.69, 9.17) is 10.5 Å². The van der Waals surface area contributed by atoms with Crippen LogP contribution in [0.2, 0.25) is 0 Å². The van der Waals surface area contributed by atoms with Crippen LogP contribution in [0.3, 0.4) is 0 Å². The van der Waals surface area contributed by atoms with E-state index < -0.39 is 0 Å². The lowest BCUT2D eigenvalue weighted by atomic mass is 10.0. The van der Waals surface area contributed by atoms with Crippen LogP contribution in [-0.2, 0) is 4.74 Å². The topological polar surface area (TPSA) is 35.2 Å². The summed E-state index contributed by atoms with van der Waals surface area (Å²) in [5.41, 5.74) is 5.95. The van der Waals surface area contributed by atoms with Crippen LogP contribution in [0.15, 0.2) is 0 Å². The van der Waals surface area contributed by atoms with Crippen molar-refractivity contribution in [2.24, 2.45) is 17.6 Å². The van der Waals surface area contributed by atoms with Crippen LogP contribution in [-0.4, -0.2) is 18.8 Å². The Balaban J connectivity index is 3.63. The summed E-state index contributed by atoms with van der Waals surface area (Å²) in [4.78, 5) is 0. The van der Waals surface area contributed by atoms with E-state index in [1.54, 1.807) is 0 Å². The predicted octanol–water partition coefficient (Wildman–Crippen LogP) is 2.42. The molecule has 0 aromatic rings. The average molecular weight is 187 g/mol. The molecular weight excluding hydrogens is 162 g/mol. The van der Waals surface area contributed by atoms with E-state index in [2.05, 4.69) is 34.6 Å². The van der Waals surface area contributed by atoms with Crippen molar-refractivity contribution in [1.82, 2.24) is 0 Å². The maximum Gasteiger partial charge on any atom is 0.0623 e. The fraction of sp³-hybridized carbons (Fsp3) is 1.00. The summed E-state index contributed by atoms with van der Waals surface area (Å²) >= 11 is 0. The standard InChI is InChI=1S/C11H25NO/c1-6-9(4)11(12)7-13-10(5)8(2)3/h8-11H,6-7,12H2,1-5H3. The molecule has 0 aliphatic heterocycles. The molecule has 0 aromatic carbocycles. The van der Waals surface area contributed by atoms with Gasteiger partial charge in [-0.2, -0.15) is 0 Å². The smallest absolute Gasteiger partial charge is 0.0623 e. The summed E-state index contributed by atoms with van der Waals surface area (Å²) in [7, 11) is 0. The quantitative estimate of drug-likeness (QED) is 0.693. The molecule has 80 valence electrons. The first-order chi connectivity index (χ1) is 5.99. The zero-order valence-electron chi connectivity index (χ0n) is 9.71. The van der Waals surface area contributed by atoms with Gasteiger partial charge in [-0.3, -0.25) is 0 Å². The van der Waals surface area contributed by atoms with Gasteiger partial charge in [0.15, 0.2) is 0 Å². The fourth-order valence-electron chi connectivity index (χ4n) is 0.922. The first kappa shape index (κ1) is 12.9. The molecule has 0 spiro atoms. The molecule has 3 atom stereocenters.